The Bertz CT molecular complexity index is 280. The summed E-state index contributed by atoms with van der Waals surface area (Å²) in [5.74, 6) is 0.513. The van der Waals surface area contributed by atoms with E-state index in [0.717, 1.165) is 11.4 Å². The van der Waals surface area contributed by atoms with E-state index >= 15 is 0 Å². The van der Waals surface area contributed by atoms with E-state index in [9.17, 15) is 0 Å². The molecule has 12 heavy (non-hydrogen) atoms. The highest BCUT2D eigenvalue weighted by molar-refractivity contribution is 5.45. The molecule has 4 nitrogen and oxygen atoms in total. The molecular weight excluding hydrogens is 152 g/mol. The van der Waals surface area contributed by atoms with Crippen molar-refractivity contribution in [3.63, 3.8) is 0 Å². The molecule has 1 heterocycles. The third-order valence-corrected chi connectivity index (χ3v) is 1.40. The van der Waals surface area contributed by atoms with Gasteiger partial charge in [0.2, 0.25) is 0 Å². The van der Waals surface area contributed by atoms with Crippen molar-refractivity contribution in [2.24, 2.45) is 5.92 Å². The van der Waals surface area contributed by atoms with E-state index in [1.807, 2.05) is 13.0 Å². The molecule has 64 valence electrons. The number of aryl methyl sites for hydroxylation is 1. The number of rotatable bonds is 2. The second-order valence-corrected chi connectivity index (χ2v) is 2.95. The Morgan fingerprint density at radius 3 is 2.42 bits per heavy atom. The second kappa shape index (κ2) is 3.90. The zero-order valence-corrected chi connectivity index (χ0v) is 7.52. The highest BCUT2D eigenvalue weighted by atomic mass is 15.4. The predicted molar refractivity (Wildman–Crippen MR) is 46.2 cm³/mol. The molecule has 4 heteroatoms. The van der Waals surface area contributed by atoms with Crippen LogP contribution in [0.2, 0.25) is 0 Å². The lowest BCUT2D eigenvalue weighted by Gasteiger charge is -1.95. The lowest BCUT2D eigenvalue weighted by Crippen LogP contribution is -1.98. The molecule has 0 atom stereocenters. The monoisotopic (exact) mass is 164 g/mol. The molecule has 0 aliphatic carbocycles. The quantitative estimate of drug-likeness (QED) is 0.660. The van der Waals surface area contributed by atoms with Gasteiger partial charge in [0.15, 0.2) is 0 Å². The summed E-state index contributed by atoms with van der Waals surface area (Å²) in [5, 5.41) is 14.5. The summed E-state index contributed by atoms with van der Waals surface area (Å²) in [6.45, 7) is 6.07. The van der Waals surface area contributed by atoms with Crippen LogP contribution in [0.1, 0.15) is 25.2 Å². The standard InChI is InChI=1S/C8H12N4/c1-6(2)4-5-8-7(3)9-11-12-10-8/h4-6H,1-3H3/b5-4-. The summed E-state index contributed by atoms with van der Waals surface area (Å²) in [5.41, 5.74) is 1.60. The maximum Gasteiger partial charge on any atom is 0.110 e. The van der Waals surface area contributed by atoms with Crippen LogP contribution in [0.25, 0.3) is 6.08 Å². The molecule has 1 aromatic rings. The summed E-state index contributed by atoms with van der Waals surface area (Å²) < 4.78 is 0. The fourth-order valence-corrected chi connectivity index (χ4v) is 0.716. The molecule has 0 spiro atoms. The van der Waals surface area contributed by atoms with Gasteiger partial charge in [-0.1, -0.05) is 19.9 Å². The average molecular weight is 164 g/mol. The van der Waals surface area contributed by atoms with Crippen LogP contribution in [0.5, 0.6) is 0 Å². The van der Waals surface area contributed by atoms with Gasteiger partial charge in [-0.2, -0.15) is 0 Å². The smallest absolute Gasteiger partial charge is 0.110 e. The minimum Gasteiger partial charge on any atom is -0.132 e. The first-order valence-electron chi connectivity index (χ1n) is 3.91. The van der Waals surface area contributed by atoms with Crippen molar-refractivity contribution >= 4 is 6.08 Å². The molecule has 0 amide bonds. The van der Waals surface area contributed by atoms with E-state index in [0.29, 0.717) is 5.92 Å². The van der Waals surface area contributed by atoms with Crippen molar-refractivity contribution in [2.75, 3.05) is 0 Å². The van der Waals surface area contributed by atoms with Crippen LogP contribution in [0.4, 0.5) is 0 Å². The first-order valence-corrected chi connectivity index (χ1v) is 3.91. The van der Waals surface area contributed by atoms with Crippen molar-refractivity contribution in [3.05, 3.63) is 17.5 Å². The Labute approximate surface area is 71.7 Å². The highest BCUT2D eigenvalue weighted by Crippen LogP contribution is 2.03. The highest BCUT2D eigenvalue weighted by Gasteiger charge is 1.96. The van der Waals surface area contributed by atoms with Gasteiger partial charge in [-0.3, -0.25) is 0 Å². The van der Waals surface area contributed by atoms with Gasteiger partial charge in [-0.05, 0) is 29.3 Å². The van der Waals surface area contributed by atoms with Crippen molar-refractivity contribution in [2.45, 2.75) is 20.8 Å². The predicted octanol–water partition coefficient (Wildman–Crippen LogP) is 1.24. The Kier molecular flexibility index (Phi) is 2.85. The minimum absolute atomic E-state index is 0.513. The lowest BCUT2D eigenvalue weighted by atomic mass is 10.2. The van der Waals surface area contributed by atoms with E-state index in [1.54, 1.807) is 0 Å². The van der Waals surface area contributed by atoms with Crippen LogP contribution < -0.4 is 0 Å². The molecule has 0 aromatic carbocycles. The van der Waals surface area contributed by atoms with E-state index in [1.165, 1.54) is 0 Å². The summed E-state index contributed by atoms with van der Waals surface area (Å²) in [6, 6.07) is 0. The number of hydrogen-bond donors (Lipinski definition) is 0. The molecule has 0 aliphatic rings. The third kappa shape index (κ3) is 2.38. The van der Waals surface area contributed by atoms with Gasteiger partial charge in [0.25, 0.3) is 0 Å². The maximum absolute atomic E-state index is 3.84. The molecular formula is C8H12N4. The number of nitrogens with zero attached hydrogens (tertiary/aromatic N) is 4. The third-order valence-electron chi connectivity index (χ3n) is 1.40. The van der Waals surface area contributed by atoms with Crippen molar-refractivity contribution < 1.29 is 0 Å². The molecule has 0 aliphatic heterocycles. The topological polar surface area (TPSA) is 51.6 Å². The molecule has 0 saturated carbocycles. The van der Waals surface area contributed by atoms with Gasteiger partial charge in [0.1, 0.15) is 5.69 Å². The van der Waals surface area contributed by atoms with E-state index < -0.39 is 0 Å². The molecule has 1 rings (SSSR count). The first kappa shape index (κ1) is 8.77. The van der Waals surface area contributed by atoms with Crippen LogP contribution in [-0.2, 0) is 0 Å². The maximum atomic E-state index is 3.84. The zero-order valence-electron chi connectivity index (χ0n) is 7.52. The van der Waals surface area contributed by atoms with Crippen LogP contribution >= 0.6 is 0 Å². The molecule has 0 N–H and O–H groups in total. The first-order chi connectivity index (χ1) is 5.70. The Morgan fingerprint density at radius 1 is 1.17 bits per heavy atom. The Hall–Kier alpha value is -1.32. The second-order valence-electron chi connectivity index (χ2n) is 2.95. The lowest BCUT2D eigenvalue weighted by molar-refractivity contribution is 0.735. The molecule has 0 saturated heterocycles. The van der Waals surface area contributed by atoms with E-state index in [2.05, 4.69) is 40.5 Å². The largest absolute Gasteiger partial charge is 0.132 e. The van der Waals surface area contributed by atoms with Crippen LogP contribution in [0.15, 0.2) is 6.08 Å². The van der Waals surface area contributed by atoms with Gasteiger partial charge in [0, 0.05) is 0 Å². The summed E-state index contributed by atoms with van der Waals surface area (Å²) in [6.07, 6.45) is 3.97. The van der Waals surface area contributed by atoms with Gasteiger partial charge < -0.3 is 0 Å². The summed E-state index contributed by atoms with van der Waals surface area (Å²) in [4.78, 5) is 0. The Balaban J connectivity index is 2.82. The van der Waals surface area contributed by atoms with E-state index in [-0.39, 0.29) is 0 Å². The van der Waals surface area contributed by atoms with Gasteiger partial charge in [-0.15, -0.1) is 10.2 Å². The summed E-state index contributed by atoms with van der Waals surface area (Å²) >= 11 is 0. The number of hydrogen-bond acceptors (Lipinski definition) is 4. The fraction of sp³-hybridized carbons (Fsp3) is 0.500. The number of aromatic nitrogens is 4. The average Bonchev–Trinajstić information content (AvgIpc) is 2.03. The van der Waals surface area contributed by atoms with Crippen molar-refractivity contribution in [1.82, 2.24) is 20.6 Å². The fourth-order valence-electron chi connectivity index (χ4n) is 0.716. The normalized spacial score (nSPS) is 11.3. The van der Waals surface area contributed by atoms with Crippen molar-refractivity contribution in [3.8, 4) is 0 Å². The van der Waals surface area contributed by atoms with Crippen molar-refractivity contribution in [1.29, 1.82) is 0 Å². The summed E-state index contributed by atoms with van der Waals surface area (Å²) in [7, 11) is 0. The number of allylic oxidation sites excluding steroid dienone is 1. The van der Waals surface area contributed by atoms with Gasteiger partial charge in [-0.25, -0.2) is 0 Å². The van der Waals surface area contributed by atoms with Crippen LogP contribution in [0.3, 0.4) is 0 Å². The SMILES string of the molecule is Cc1nnnnc1/C=C\C(C)C. The molecule has 0 bridgehead atoms. The molecule has 0 fully saturated rings. The molecule has 0 unspecified atom stereocenters. The van der Waals surface area contributed by atoms with E-state index in [4.69, 9.17) is 0 Å². The minimum atomic E-state index is 0.513. The molecule has 1 aromatic heterocycles. The zero-order chi connectivity index (χ0) is 8.97. The van der Waals surface area contributed by atoms with Crippen LogP contribution in [-0.4, -0.2) is 20.6 Å². The van der Waals surface area contributed by atoms with Crippen LogP contribution in [0, 0.1) is 12.8 Å². The molecule has 0 radical (unpaired) electrons. The van der Waals surface area contributed by atoms with Gasteiger partial charge >= 0.3 is 0 Å². The van der Waals surface area contributed by atoms with Gasteiger partial charge in [0.05, 0.1) is 5.69 Å². The Morgan fingerprint density at radius 2 is 1.83 bits per heavy atom.